The van der Waals surface area contributed by atoms with E-state index in [1.165, 1.54) is 19.2 Å². The topological polar surface area (TPSA) is 121 Å². The van der Waals surface area contributed by atoms with Gasteiger partial charge in [-0.15, -0.1) is 0 Å². The fourth-order valence-corrected chi connectivity index (χ4v) is 4.73. The van der Waals surface area contributed by atoms with E-state index in [-0.39, 0.29) is 17.6 Å². The van der Waals surface area contributed by atoms with Crippen molar-refractivity contribution < 1.29 is 13.9 Å². The van der Waals surface area contributed by atoms with E-state index in [9.17, 15) is 9.18 Å². The summed E-state index contributed by atoms with van der Waals surface area (Å²) in [6.07, 6.45) is 6.89. The first kappa shape index (κ1) is 23.0. The number of nitrogens with one attached hydrogen (secondary N) is 3. The maximum Gasteiger partial charge on any atom is 0.227 e. The molecule has 3 N–H and O–H groups in total. The van der Waals surface area contributed by atoms with Gasteiger partial charge in [-0.25, -0.2) is 14.4 Å². The summed E-state index contributed by atoms with van der Waals surface area (Å²) in [5, 5.41) is 11.3. The number of hydrogen-bond acceptors (Lipinski definition) is 6. The minimum Gasteiger partial charge on any atom is -0.497 e. The second kappa shape index (κ2) is 9.02. The minimum absolute atomic E-state index is 0.0259. The first-order valence-corrected chi connectivity index (χ1v) is 12.5. The summed E-state index contributed by atoms with van der Waals surface area (Å²) in [7, 11) is 1.51. The van der Waals surface area contributed by atoms with Crippen LogP contribution in [0.25, 0.3) is 55.8 Å². The number of aromatic nitrogens is 6. The highest BCUT2D eigenvalue weighted by Gasteiger charge is 2.29. The number of ether oxygens (including phenoxy) is 1. The predicted octanol–water partition coefficient (Wildman–Crippen LogP) is 5.73. The third kappa shape index (κ3) is 4.25. The Morgan fingerprint density at radius 1 is 1.08 bits per heavy atom. The van der Waals surface area contributed by atoms with Crippen LogP contribution in [-0.4, -0.2) is 43.2 Å². The molecule has 1 aromatic carbocycles. The Labute approximate surface area is 221 Å². The number of methoxy groups -OCH3 is 1. The van der Waals surface area contributed by atoms with Gasteiger partial charge >= 0.3 is 0 Å². The monoisotopic (exact) mass is 519 g/mol. The molecule has 7 rings (SSSR count). The van der Waals surface area contributed by atoms with Crippen LogP contribution in [0.15, 0.2) is 67.1 Å². The highest BCUT2D eigenvalue weighted by molar-refractivity contribution is 5.99. The minimum atomic E-state index is -0.384. The summed E-state index contributed by atoms with van der Waals surface area (Å²) >= 11 is 0. The Bertz CT molecular complexity index is 1890. The third-order valence-electron chi connectivity index (χ3n) is 6.86. The number of amides is 1. The average molecular weight is 520 g/mol. The van der Waals surface area contributed by atoms with Crippen LogP contribution < -0.4 is 10.1 Å². The smallest absolute Gasteiger partial charge is 0.227 e. The largest absolute Gasteiger partial charge is 0.497 e. The van der Waals surface area contributed by atoms with Crippen molar-refractivity contribution in [2.75, 3.05) is 12.4 Å². The predicted molar refractivity (Wildman–Crippen MR) is 146 cm³/mol. The molecular formula is C29H22FN7O2. The van der Waals surface area contributed by atoms with Crippen molar-refractivity contribution in [3.8, 4) is 39.5 Å². The molecule has 0 atom stereocenters. The highest BCUT2D eigenvalue weighted by atomic mass is 19.1. The van der Waals surface area contributed by atoms with Gasteiger partial charge in [0.1, 0.15) is 28.4 Å². The van der Waals surface area contributed by atoms with Crippen molar-refractivity contribution in [1.29, 1.82) is 0 Å². The standard InChI is InChI=1S/C29H22FN7O2/c1-39-20-10-16(8-18(30)11-20)21-6-7-32-28-22(21)12-25(35-28)27-26-24(36-37-27)5-4-23(34-26)17-9-19(14-31-13-17)33-29(38)15-2-3-15/h4-15H,2-3H2,1H3,(H,32,35)(H,33,38)(H,36,37). The number of benzene rings is 1. The second-order valence-corrected chi connectivity index (χ2v) is 9.57. The second-order valence-electron chi connectivity index (χ2n) is 9.57. The number of carbonyl (C=O) groups is 1. The number of hydrogen-bond donors (Lipinski definition) is 3. The molecule has 9 nitrogen and oxygen atoms in total. The average Bonchev–Trinajstić information content (AvgIpc) is 3.58. The fourth-order valence-electron chi connectivity index (χ4n) is 4.73. The van der Waals surface area contributed by atoms with Crippen LogP contribution in [0.4, 0.5) is 10.1 Å². The van der Waals surface area contributed by atoms with Gasteiger partial charge < -0.3 is 15.0 Å². The van der Waals surface area contributed by atoms with E-state index in [2.05, 4.69) is 30.5 Å². The lowest BCUT2D eigenvalue weighted by atomic mass is 10.0. The Hall–Kier alpha value is -5.12. The molecule has 5 aromatic heterocycles. The van der Waals surface area contributed by atoms with E-state index in [0.717, 1.165) is 34.9 Å². The number of nitrogens with zero attached hydrogens (tertiary/aromatic N) is 4. The van der Waals surface area contributed by atoms with Crippen LogP contribution in [-0.2, 0) is 4.79 Å². The van der Waals surface area contributed by atoms with Crippen LogP contribution in [0.3, 0.4) is 0 Å². The van der Waals surface area contributed by atoms with E-state index in [1.54, 1.807) is 24.7 Å². The molecule has 0 aliphatic heterocycles. The number of aromatic amines is 2. The van der Waals surface area contributed by atoms with Crippen molar-refractivity contribution in [3.05, 3.63) is 72.9 Å². The maximum atomic E-state index is 14.3. The lowest BCUT2D eigenvalue weighted by molar-refractivity contribution is -0.117. The first-order valence-electron chi connectivity index (χ1n) is 12.5. The van der Waals surface area contributed by atoms with Gasteiger partial charge in [-0.05, 0) is 66.4 Å². The molecule has 39 heavy (non-hydrogen) atoms. The van der Waals surface area contributed by atoms with Crippen LogP contribution in [0.2, 0.25) is 0 Å². The number of halogens is 1. The number of carbonyl (C=O) groups excluding carboxylic acids is 1. The number of rotatable bonds is 6. The van der Waals surface area contributed by atoms with Crippen molar-refractivity contribution in [3.63, 3.8) is 0 Å². The van der Waals surface area contributed by atoms with Crippen molar-refractivity contribution in [1.82, 2.24) is 30.1 Å². The molecule has 1 fully saturated rings. The zero-order valence-corrected chi connectivity index (χ0v) is 20.8. The molecule has 1 amide bonds. The fraction of sp³-hybridized carbons (Fsp3) is 0.138. The summed E-state index contributed by atoms with van der Waals surface area (Å²) in [6, 6.07) is 14.0. The highest BCUT2D eigenvalue weighted by Crippen LogP contribution is 2.35. The van der Waals surface area contributed by atoms with Crippen LogP contribution in [0.1, 0.15) is 12.8 Å². The summed E-state index contributed by atoms with van der Waals surface area (Å²) in [5.41, 5.74) is 7.01. The van der Waals surface area contributed by atoms with Crippen LogP contribution in [0, 0.1) is 11.7 Å². The van der Waals surface area contributed by atoms with E-state index in [1.807, 2.05) is 30.3 Å². The summed E-state index contributed by atoms with van der Waals surface area (Å²) < 4.78 is 19.5. The molecule has 192 valence electrons. The van der Waals surface area contributed by atoms with Gasteiger partial charge in [0.2, 0.25) is 5.91 Å². The van der Waals surface area contributed by atoms with Crippen LogP contribution >= 0.6 is 0 Å². The molecular weight excluding hydrogens is 497 g/mol. The summed E-state index contributed by atoms with van der Waals surface area (Å²) in [6.45, 7) is 0. The zero-order valence-electron chi connectivity index (χ0n) is 20.8. The van der Waals surface area contributed by atoms with Gasteiger partial charge in [0.05, 0.1) is 35.9 Å². The summed E-state index contributed by atoms with van der Waals surface area (Å²) in [4.78, 5) is 29.2. The number of pyridine rings is 3. The molecule has 6 aromatic rings. The molecule has 0 spiro atoms. The Morgan fingerprint density at radius 2 is 1.97 bits per heavy atom. The maximum absolute atomic E-state index is 14.3. The molecule has 0 radical (unpaired) electrons. The Balaban J connectivity index is 1.28. The van der Waals surface area contributed by atoms with E-state index in [4.69, 9.17) is 9.72 Å². The van der Waals surface area contributed by atoms with E-state index < -0.39 is 0 Å². The van der Waals surface area contributed by atoms with Gasteiger partial charge in [-0.1, -0.05) is 0 Å². The Morgan fingerprint density at radius 3 is 2.82 bits per heavy atom. The molecule has 5 heterocycles. The third-order valence-corrected chi connectivity index (χ3v) is 6.86. The van der Waals surface area contributed by atoms with Gasteiger partial charge in [0, 0.05) is 35.3 Å². The van der Waals surface area contributed by atoms with Gasteiger partial charge in [-0.3, -0.25) is 14.9 Å². The number of H-pyrrole nitrogens is 2. The SMILES string of the molecule is COc1cc(F)cc(-c2ccnc3[nH]c(-c4n[nH]c5ccc(-c6cncc(NC(=O)C7CC7)c6)nc45)cc23)c1. The molecule has 10 heteroatoms. The van der Waals surface area contributed by atoms with Crippen LogP contribution in [0.5, 0.6) is 5.75 Å². The summed E-state index contributed by atoms with van der Waals surface area (Å²) in [5.74, 6) is 0.181. The molecule has 0 unspecified atom stereocenters. The van der Waals surface area contributed by atoms with E-state index >= 15 is 0 Å². The van der Waals surface area contributed by atoms with E-state index in [0.29, 0.717) is 45.2 Å². The quantitative estimate of drug-likeness (QED) is 0.259. The first-order chi connectivity index (χ1) is 19.1. The zero-order chi connectivity index (χ0) is 26.5. The van der Waals surface area contributed by atoms with Gasteiger partial charge in [0.25, 0.3) is 0 Å². The van der Waals surface area contributed by atoms with Crippen molar-refractivity contribution in [2.45, 2.75) is 12.8 Å². The molecule has 0 bridgehead atoms. The van der Waals surface area contributed by atoms with Gasteiger partial charge in [0.15, 0.2) is 0 Å². The molecule has 0 saturated heterocycles. The van der Waals surface area contributed by atoms with Crippen molar-refractivity contribution >= 4 is 33.7 Å². The lowest BCUT2D eigenvalue weighted by Crippen LogP contribution is -2.13. The number of fused-ring (bicyclic) bond motifs is 2. The normalized spacial score (nSPS) is 13.2. The molecule has 1 aliphatic carbocycles. The Kier molecular flexibility index (Phi) is 5.32. The number of anilines is 1. The molecule has 1 aliphatic rings. The van der Waals surface area contributed by atoms with Gasteiger partial charge in [-0.2, -0.15) is 5.10 Å². The molecule has 1 saturated carbocycles. The van der Waals surface area contributed by atoms with Crippen molar-refractivity contribution in [2.24, 2.45) is 5.92 Å². The lowest BCUT2D eigenvalue weighted by Gasteiger charge is -2.06.